The van der Waals surface area contributed by atoms with Gasteiger partial charge in [0.1, 0.15) is 3.41 Å². The Morgan fingerprint density at radius 2 is 0.912 bits per heavy atom. The number of rotatable bonds is 23. The molecule has 0 aliphatic carbocycles. The van der Waals surface area contributed by atoms with Gasteiger partial charge in [0.25, 0.3) is 0 Å². The van der Waals surface area contributed by atoms with Crippen LogP contribution in [-0.2, 0) is 0 Å². The van der Waals surface area contributed by atoms with Gasteiger partial charge in [-0.3, -0.25) is 0 Å². The van der Waals surface area contributed by atoms with Crippen molar-refractivity contribution in [3.63, 3.8) is 0 Å². The van der Waals surface area contributed by atoms with Crippen LogP contribution in [0.25, 0.3) is 0 Å². The second kappa shape index (κ2) is 25.8. The van der Waals surface area contributed by atoms with Gasteiger partial charge in [0, 0.05) is 57.9 Å². The van der Waals surface area contributed by atoms with Crippen molar-refractivity contribution >= 4 is 217 Å². The predicted molar refractivity (Wildman–Crippen MR) is 216 cm³/mol. The van der Waals surface area contributed by atoms with Crippen LogP contribution < -0.4 is 0 Å². The molecular formula is C16H32S18. The number of thioether (sulfide) groups is 12. The Kier molecular flexibility index (Phi) is 29.0. The molecule has 0 aromatic heterocycles. The highest BCUT2D eigenvalue weighted by Gasteiger charge is 2.36. The van der Waals surface area contributed by atoms with Gasteiger partial charge < -0.3 is 0 Å². The van der Waals surface area contributed by atoms with Gasteiger partial charge in [-0.2, -0.15) is 75.8 Å². The van der Waals surface area contributed by atoms with Crippen molar-refractivity contribution in [2.75, 3.05) is 57.9 Å². The molecule has 0 aromatic carbocycles. The topological polar surface area (TPSA) is 0 Å². The summed E-state index contributed by atoms with van der Waals surface area (Å²) in [7, 11) is 0. The summed E-state index contributed by atoms with van der Waals surface area (Å²) in [6.45, 7) is 0. The summed E-state index contributed by atoms with van der Waals surface area (Å²) >= 11 is 51.2. The lowest BCUT2D eigenvalue weighted by Gasteiger charge is -2.29. The minimum absolute atomic E-state index is 0.299. The van der Waals surface area contributed by atoms with Crippen molar-refractivity contribution < 1.29 is 0 Å². The van der Waals surface area contributed by atoms with Crippen LogP contribution in [0, 0.1) is 0 Å². The first kappa shape index (κ1) is 38.3. The second-order valence-electron chi connectivity index (χ2n) is 5.69. The van der Waals surface area contributed by atoms with Crippen LogP contribution in [0.4, 0.5) is 0 Å². The lowest BCUT2D eigenvalue weighted by molar-refractivity contribution is 1.35. The summed E-state index contributed by atoms with van der Waals surface area (Å²) in [5, 5.41) is 7.28. The highest BCUT2D eigenvalue weighted by Crippen LogP contribution is 2.55. The maximum atomic E-state index is 4.57. The molecule has 18 heteroatoms. The van der Waals surface area contributed by atoms with Crippen molar-refractivity contribution in [3.8, 4) is 0 Å². The molecule has 0 nitrogen and oxygen atoms in total. The van der Waals surface area contributed by atoms with Crippen LogP contribution in [0.3, 0.4) is 0 Å². The van der Waals surface area contributed by atoms with E-state index in [9.17, 15) is 0 Å². The third kappa shape index (κ3) is 16.8. The fraction of sp³-hybridized carbons (Fsp3) is 1.00. The number of hydrogen-bond donors (Lipinski definition) is 6. The lowest BCUT2D eigenvalue weighted by atomic mass is 10.9. The van der Waals surface area contributed by atoms with Crippen molar-refractivity contribution in [1.29, 1.82) is 0 Å². The fourth-order valence-electron chi connectivity index (χ4n) is 2.37. The van der Waals surface area contributed by atoms with E-state index in [-0.39, 0.29) is 0 Å². The zero-order chi connectivity index (χ0) is 25.1. The SMILES string of the molecule is SCSCC1(SCSC(SCS)C(SCS)SCSC(SCS)C(SCS)SCS)SCCS1. The molecule has 0 spiro atoms. The third-order valence-corrected chi connectivity index (χ3v) is 25.1. The average Bonchev–Trinajstić information content (AvgIpc) is 3.30. The van der Waals surface area contributed by atoms with E-state index in [2.05, 4.69) is 135 Å². The van der Waals surface area contributed by atoms with Crippen molar-refractivity contribution in [2.24, 2.45) is 0 Å². The Bertz CT molecular complexity index is 459. The summed E-state index contributed by atoms with van der Waals surface area (Å²) < 4.78 is 2.27. The molecule has 3 atom stereocenters. The maximum absolute atomic E-state index is 4.57. The molecule has 0 saturated carbocycles. The van der Waals surface area contributed by atoms with E-state index in [0.29, 0.717) is 21.7 Å². The Hall–Kier alpha value is 6.30. The average molecular weight is 802 g/mol. The van der Waals surface area contributed by atoms with Crippen molar-refractivity contribution in [2.45, 2.75) is 21.7 Å². The van der Waals surface area contributed by atoms with E-state index in [1.807, 2.05) is 82.3 Å². The highest BCUT2D eigenvalue weighted by atomic mass is 32.3. The van der Waals surface area contributed by atoms with Gasteiger partial charge in [0.05, 0.1) is 18.3 Å². The largest absolute Gasteiger partial charge is 0.168 e. The van der Waals surface area contributed by atoms with Crippen LogP contribution in [-0.4, -0.2) is 79.7 Å². The fourth-order valence-corrected chi connectivity index (χ4v) is 25.5. The third-order valence-electron chi connectivity index (χ3n) is 3.71. The van der Waals surface area contributed by atoms with E-state index in [0.717, 1.165) is 40.7 Å². The minimum Gasteiger partial charge on any atom is -0.168 e. The van der Waals surface area contributed by atoms with E-state index in [4.69, 9.17) is 0 Å². The van der Waals surface area contributed by atoms with Gasteiger partial charge in [0.15, 0.2) is 0 Å². The van der Waals surface area contributed by atoms with Gasteiger partial charge in [-0.05, 0) is 0 Å². The molecule has 0 N–H and O–H groups in total. The van der Waals surface area contributed by atoms with Crippen LogP contribution >= 0.6 is 217 Å². The zero-order valence-electron chi connectivity index (χ0n) is 18.2. The number of hydrogen-bond acceptors (Lipinski definition) is 18. The van der Waals surface area contributed by atoms with Crippen LogP contribution in [0.2, 0.25) is 0 Å². The molecule has 3 unspecified atom stereocenters. The molecule has 0 amide bonds. The molecule has 1 rings (SSSR count). The highest BCUT2D eigenvalue weighted by molar-refractivity contribution is 8.40. The molecule has 1 aliphatic heterocycles. The summed E-state index contributed by atoms with van der Waals surface area (Å²) in [6.07, 6.45) is 0. The van der Waals surface area contributed by atoms with Gasteiger partial charge in [-0.15, -0.1) is 141 Å². The van der Waals surface area contributed by atoms with Gasteiger partial charge in [-0.25, -0.2) is 0 Å². The monoisotopic (exact) mass is 800 g/mol. The molecule has 1 fully saturated rings. The molecule has 1 aliphatic rings. The zero-order valence-corrected chi connectivity index (χ0v) is 33.3. The van der Waals surface area contributed by atoms with E-state index >= 15 is 0 Å². The minimum atomic E-state index is 0.299. The molecule has 204 valence electrons. The van der Waals surface area contributed by atoms with E-state index < -0.39 is 0 Å². The molecule has 0 aromatic rings. The number of thiol groups is 6. The summed E-state index contributed by atoms with van der Waals surface area (Å²) in [4.78, 5) is 0. The Morgan fingerprint density at radius 3 is 1.29 bits per heavy atom. The van der Waals surface area contributed by atoms with Crippen molar-refractivity contribution in [1.82, 2.24) is 0 Å². The molecule has 1 heterocycles. The van der Waals surface area contributed by atoms with Gasteiger partial charge in [0.2, 0.25) is 0 Å². The van der Waals surface area contributed by atoms with Gasteiger partial charge in [-0.1, -0.05) is 0 Å². The molecule has 1 saturated heterocycles. The molecule has 0 bridgehead atoms. The molecule has 34 heavy (non-hydrogen) atoms. The standard InChI is InChI=1S/C16H32S18/c17-4-23-3-16(32-1-2-33-16)34-11-31-15(28-9-22)14(27-8-21)30-10-29-13(26-7-20)12(24-5-18)25-6-19/h12-15,17-22H,1-11H2. The normalized spacial score (nSPS) is 18.4. The smallest absolute Gasteiger partial charge is 0.116 e. The first-order valence-electron chi connectivity index (χ1n) is 9.67. The Labute approximate surface area is 292 Å². The van der Waals surface area contributed by atoms with Crippen LogP contribution in [0.5, 0.6) is 0 Å². The van der Waals surface area contributed by atoms with Crippen LogP contribution in [0.15, 0.2) is 0 Å². The van der Waals surface area contributed by atoms with Gasteiger partial charge >= 0.3 is 0 Å². The predicted octanol–water partition coefficient (Wildman–Crippen LogP) is 10.00. The quantitative estimate of drug-likeness (QED) is 0.0431. The summed E-state index contributed by atoms with van der Waals surface area (Å²) in [5.74, 6) is 3.69. The summed E-state index contributed by atoms with van der Waals surface area (Å²) in [5.41, 5.74) is 0. The Morgan fingerprint density at radius 1 is 0.529 bits per heavy atom. The second-order valence-corrected chi connectivity index (χ2v) is 26.9. The van der Waals surface area contributed by atoms with E-state index in [1.54, 1.807) is 0 Å². The maximum Gasteiger partial charge on any atom is 0.116 e. The lowest BCUT2D eigenvalue weighted by Crippen LogP contribution is -2.19. The Balaban J connectivity index is 2.65. The molecular weight excluding hydrogens is 769 g/mol. The van der Waals surface area contributed by atoms with E-state index in [1.165, 1.54) is 17.3 Å². The molecule has 0 radical (unpaired) electrons. The van der Waals surface area contributed by atoms with Crippen molar-refractivity contribution in [3.05, 3.63) is 0 Å². The summed E-state index contributed by atoms with van der Waals surface area (Å²) in [6, 6.07) is 0. The van der Waals surface area contributed by atoms with Crippen LogP contribution in [0.1, 0.15) is 0 Å². The first-order chi connectivity index (χ1) is 16.6. The first-order valence-corrected chi connectivity index (χ1v) is 26.0.